The van der Waals surface area contributed by atoms with Crippen molar-refractivity contribution >= 4 is 16.8 Å². The molecule has 0 radical (unpaired) electrons. The van der Waals surface area contributed by atoms with Crippen LogP contribution in [0.3, 0.4) is 0 Å². The minimum absolute atomic E-state index is 0.110. The molecular formula is C16H16N4O. The number of hydrogen-bond donors (Lipinski definition) is 2. The summed E-state index contributed by atoms with van der Waals surface area (Å²) in [5.74, 6) is -0.110. The van der Waals surface area contributed by atoms with E-state index in [-0.39, 0.29) is 5.91 Å². The molecule has 0 unspecified atom stereocenters. The number of carbonyl (C=O) groups is 1. The summed E-state index contributed by atoms with van der Waals surface area (Å²) in [5, 5.41) is 11.7. The van der Waals surface area contributed by atoms with Gasteiger partial charge in [0, 0.05) is 28.4 Å². The van der Waals surface area contributed by atoms with Gasteiger partial charge in [-0.15, -0.1) is 0 Å². The van der Waals surface area contributed by atoms with Gasteiger partial charge in [-0.25, -0.2) is 0 Å². The molecule has 0 atom stereocenters. The van der Waals surface area contributed by atoms with Crippen molar-refractivity contribution in [3.8, 4) is 0 Å². The summed E-state index contributed by atoms with van der Waals surface area (Å²) in [6, 6.07) is 9.30. The number of benzene rings is 1. The Bertz CT molecular complexity index is 793. The van der Waals surface area contributed by atoms with E-state index in [1.165, 1.54) is 5.56 Å². The molecule has 106 valence electrons. The van der Waals surface area contributed by atoms with Gasteiger partial charge in [0.15, 0.2) is 0 Å². The third-order valence-corrected chi connectivity index (χ3v) is 3.63. The molecule has 1 aromatic carbocycles. The molecule has 0 fully saturated rings. The van der Waals surface area contributed by atoms with Gasteiger partial charge in [-0.05, 0) is 49.7 Å². The lowest BCUT2D eigenvalue weighted by Gasteiger charge is -2.04. The average molecular weight is 280 g/mol. The maximum absolute atomic E-state index is 12.2. The second kappa shape index (κ2) is 5.36. The molecule has 0 aliphatic carbocycles. The van der Waals surface area contributed by atoms with Crippen LogP contribution in [-0.2, 0) is 6.54 Å². The van der Waals surface area contributed by atoms with Crippen molar-refractivity contribution in [3.63, 3.8) is 0 Å². The topological polar surface area (TPSA) is 70.7 Å². The predicted octanol–water partition coefficient (Wildman–Crippen LogP) is 2.50. The van der Waals surface area contributed by atoms with E-state index in [0.29, 0.717) is 12.1 Å². The first kappa shape index (κ1) is 13.3. The highest BCUT2D eigenvalue weighted by Gasteiger charge is 2.10. The van der Waals surface area contributed by atoms with Gasteiger partial charge in [0.1, 0.15) is 0 Å². The highest BCUT2D eigenvalue weighted by molar-refractivity contribution is 5.98. The van der Waals surface area contributed by atoms with Gasteiger partial charge in [-0.1, -0.05) is 0 Å². The monoisotopic (exact) mass is 280 g/mol. The third kappa shape index (κ3) is 2.63. The molecule has 0 aliphatic rings. The van der Waals surface area contributed by atoms with Gasteiger partial charge in [-0.3, -0.25) is 4.79 Å². The van der Waals surface area contributed by atoms with Crippen LogP contribution in [0.1, 0.15) is 27.3 Å². The van der Waals surface area contributed by atoms with Gasteiger partial charge < -0.3 is 10.3 Å². The fraction of sp³-hybridized carbons (Fsp3) is 0.188. The maximum Gasteiger partial charge on any atom is 0.251 e. The zero-order chi connectivity index (χ0) is 14.8. The summed E-state index contributed by atoms with van der Waals surface area (Å²) < 4.78 is 0. The summed E-state index contributed by atoms with van der Waals surface area (Å²) in [5.41, 5.74) is 4.74. The van der Waals surface area contributed by atoms with Crippen LogP contribution in [0.4, 0.5) is 0 Å². The van der Waals surface area contributed by atoms with E-state index < -0.39 is 0 Å². The smallest absolute Gasteiger partial charge is 0.251 e. The molecule has 0 saturated carbocycles. The summed E-state index contributed by atoms with van der Waals surface area (Å²) in [7, 11) is 0. The van der Waals surface area contributed by atoms with Crippen LogP contribution in [0.5, 0.6) is 0 Å². The molecule has 0 spiro atoms. The van der Waals surface area contributed by atoms with E-state index in [0.717, 1.165) is 22.3 Å². The first-order valence-corrected chi connectivity index (χ1v) is 6.79. The minimum atomic E-state index is -0.110. The average Bonchev–Trinajstić information content (AvgIpc) is 2.80. The second-order valence-electron chi connectivity index (χ2n) is 5.03. The SMILES string of the molecule is Cc1[nH]c2ccc(C(=O)NCc3cccnn3)cc2c1C. The van der Waals surface area contributed by atoms with E-state index in [1.807, 2.05) is 31.2 Å². The molecule has 3 rings (SSSR count). The quantitative estimate of drug-likeness (QED) is 0.774. The van der Waals surface area contributed by atoms with Crippen molar-refractivity contribution in [2.75, 3.05) is 0 Å². The van der Waals surface area contributed by atoms with Crippen molar-refractivity contribution < 1.29 is 4.79 Å². The van der Waals surface area contributed by atoms with Crippen molar-refractivity contribution in [1.82, 2.24) is 20.5 Å². The van der Waals surface area contributed by atoms with E-state index in [1.54, 1.807) is 12.3 Å². The molecule has 2 heterocycles. The largest absolute Gasteiger partial charge is 0.358 e. The summed E-state index contributed by atoms with van der Waals surface area (Å²) in [6.45, 7) is 4.45. The summed E-state index contributed by atoms with van der Waals surface area (Å²) in [4.78, 5) is 15.5. The number of aromatic amines is 1. The normalized spacial score (nSPS) is 10.8. The van der Waals surface area contributed by atoms with Gasteiger partial charge >= 0.3 is 0 Å². The fourth-order valence-corrected chi connectivity index (χ4v) is 2.30. The molecule has 1 amide bonds. The number of amides is 1. The number of nitrogens with one attached hydrogen (secondary N) is 2. The number of nitrogens with zero attached hydrogens (tertiary/aromatic N) is 2. The zero-order valence-electron chi connectivity index (χ0n) is 12.0. The van der Waals surface area contributed by atoms with Crippen LogP contribution in [0.25, 0.3) is 10.9 Å². The van der Waals surface area contributed by atoms with E-state index >= 15 is 0 Å². The number of hydrogen-bond acceptors (Lipinski definition) is 3. The fourth-order valence-electron chi connectivity index (χ4n) is 2.30. The van der Waals surface area contributed by atoms with Crippen molar-refractivity contribution in [2.24, 2.45) is 0 Å². The molecule has 0 bridgehead atoms. The molecule has 2 N–H and O–H groups in total. The number of H-pyrrole nitrogens is 1. The number of rotatable bonds is 3. The van der Waals surface area contributed by atoms with Crippen molar-refractivity contribution in [1.29, 1.82) is 0 Å². The number of aryl methyl sites for hydroxylation is 2. The Labute approximate surface area is 122 Å². The molecule has 5 nitrogen and oxygen atoms in total. The van der Waals surface area contributed by atoms with Crippen LogP contribution < -0.4 is 5.32 Å². The Balaban J connectivity index is 1.80. The van der Waals surface area contributed by atoms with Gasteiger partial charge in [0.25, 0.3) is 5.91 Å². The van der Waals surface area contributed by atoms with Crippen LogP contribution in [0, 0.1) is 13.8 Å². The Morgan fingerprint density at radius 3 is 2.90 bits per heavy atom. The second-order valence-corrected chi connectivity index (χ2v) is 5.03. The molecule has 3 aromatic rings. The Morgan fingerprint density at radius 2 is 2.14 bits per heavy atom. The van der Waals surface area contributed by atoms with Crippen molar-refractivity contribution in [3.05, 3.63) is 59.0 Å². The standard InChI is InChI=1S/C16H16N4O/c1-10-11(2)19-15-6-5-12(8-14(10)15)16(21)17-9-13-4-3-7-18-20-13/h3-8,19H,9H2,1-2H3,(H,17,21). The maximum atomic E-state index is 12.2. The highest BCUT2D eigenvalue weighted by atomic mass is 16.1. The lowest BCUT2D eigenvalue weighted by Crippen LogP contribution is -2.23. The van der Waals surface area contributed by atoms with E-state index in [4.69, 9.17) is 0 Å². The van der Waals surface area contributed by atoms with Crippen LogP contribution in [0.15, 0.2) is 36.5 Å². The summed E-state index contributed by atoms with van der Waals surface area (Å²) >= 11 is 0. The number of fused-ring (bicyclic) bond motifs is 1. The Morgan fingerprint density at radius 1 is 1.29 bits per heavy atom. The zero-order valence-corrected chi connectivity index (χ0v) is 12.0. The van der Waals surface area contributed by atoms with Gasteiger partial charge in [0.05, 0.1) is 12.2 Å². The third-order valence-electron chi connectivity index (χ3n) is 3.63. The van der Waals surface area contributed by atoms with E-state index in [2.05, 4.69) is 27.4 Å². The molecule has 5 heteroatoms. The van der Waals surface area contributed by atoms with Crippen molar-refractivity contribution in [2.45, 2.75) is 20.4 Å². The van der Waals surface area contributed by atoms with Gasteiger partial charge in [0.2, 0.25) is 0 Å². The Hall–Kier alpha value is -2.69. The first-order valence-electron chi connectivity index (χ1n) is 6.79. The van der Waals surface area contributed by atoms with Crippen LogP contribution in [0.2, 0.25) is 0 Å². The molecular weight excluding hydrogens is 264 g/mol. The lowest BCUT2D eigenvalue weighted by molar-refractivity contribution is 0.0950. The molecule has 2 aromatic heterocycles. The number of aromatic nitrogens is 3. The Kier molecular flexibility index (Phi) is 3.39. The number of carbonyl (C=O) groups excluding carboxylic acids is 1. The minimum Gasteiger partial charge on any atom is -0.358 e. The highest BCUT2D eigenvalue weighted by Crippen LogP contribution is 2.22. The van der Waals surface area contributed by atoms with Crippen LogP contribution >= 0.6 is 0 Å². The summed E-state index contributed by atoms with van der Waals surface area (Å²) in [6.07, 6.45) is 1.61. The van der Waals surface area contributed by atoms with Crippen LogP contribution in [-0.4, -0.2) is 21.1 Å². The molecule has 0 aliphatic heterocycles. The predicted molar refractivity (Wildman–Crippen MR) is 81.0 cm³/mol. The molecule has 0 saturated heterocycles. The first-order chi connectivity index (χ1) is 10.1. The molecule has 21 heavy (non-hydrogen) atoms. The van der Waals surface area contributed by atoms with E-state index in [9.17, 15) is 4.79 Å². The van der Waals surface area contributed by atoms with Gasteiger partial charge in [-0.2, -0.15) is 10.2 Å². The lowest BCUT2D eigenvalue weighted by atomic mass is 10.1.